The van der Waals surface area contributed by atoms with E-state index in [9.17, 15) is 4.79 Å². The van der Waals surface area contributed by atoms with E-state index in [1.54, 1.807) is 12.1 Å². The van der Waals surface area contributed by atoms with Crippen LogP contribution in [0.5, 0.6) is 5.75 Å². The molecule has 1 aromatic rings. The van der Waals surface area contributed by atoms with Crippen LogP contribution >= 0.6 is 0 Å². The highest BCUT2D eigenvalue weighted by atomic mass is 16.3. The van der Waals surface area contributed by atoms with Crippen molar-refractivity contribution in [2.24, 2.45) is 0 Å². The first-order valence-corrected chi connectivity index (χ1v) is 6.41. The Balaban J connectivity index is 1.78. The minimum atomic E-state index is -0.394. The SMILES string of the molecule is CC1(C(=O)NCCc2ccc(O)cc2)CCCN1. The van der Waals surface area contributed by atoms with Crippen molar-refractivity contribution in [3.05, 3.63) is 29.8 Å². The first-order chi connectivity index (χ1) is 8.60. The molecule has 4 heteroatoms. The van der Waals surface area contributed by atoms with E-state index in [4.69, 9.17) is 5.11 Å². The highest BCUT2D eigenvalue weighted by Crippen LogP contribution is 2.18. The maximum Gasteiger partial charge on any atom is 0.240 e. The number of benzene rings is 1. The number of phenols is 1. The summed E-state index contributed by atoms with van der Waals surface area (Å²) in [5, 5.41) is 15.4. The van der Waals surface area contributed by atoms with Gasteiger partial charge in [0.1, 0.15) is 5.75 Å². The third-order valence-electron chi connectivity index (χ3n) is 3.51. The molecule has 1 atom stereocenters. The number of aromatic hydroxyl groups is 1. The van der Waals surface area contributed by atoms with Gasteiger partial charge in [-0.15, -0.1) is 0 Å². The van der Waals surface area contributed by atoms with Gasteiger partial charge in [-0.1, -0.05) is 12.1 Å². The largest absolute Gasteiger partial charge is 0.508 e. The highest BCUT2D eigenvalue weighted by Gasteiger charge is 2.35. The minimum absolute atomic E-state index is 0.0822. The summed E-state index contributed by atoms with van der Waals surface area (Å²) >= 11 is 0. The molecule has 1 aliphatic rings. The van der Waals surface area contributed by atoms with Crippen LogP contribution in [0.1, 0.15) is 25.3 Å². The normalized spacial score (nSPS) is 22.9. The summed E-state index contributed by atoms with van der Waals surface area (Å²) in [5.74, 6) is 0.351. The van der Waals surface area contributed by atoms with Gasteiger partial charge in [0, 0.05) is 6.54 Å². The number of phenolic OH excluding ortho intramolecular Hbond substituents is 1. The molecule has 3 N–H and O–H groups in total. The third-order valence-corrected chi connectivity index (χ3v) is 3.51. The van der Waals surface area contributed by atoms with E-state index in [1.807, 2.05) is 19.1 Å². The highest BCUT2D eigenvalue weighted by molar-refractivity contribution is 5.86. The standard InChI is InChI=1S/C14H20N2O2/c1-14(8-2-9-16-14)13(18)15-10-7-11-3-5-12(17)6-4-11/h3-6,16-17H,2,7-10H2,1H3,(H,15,18). The lowest BCUT2D eigenvalue weighted by molar-refractivity contribution is -0.126. The Hall–Kier alpha value is -1.55. The van der Waals surface area contributed by atoms with Gasteiger partial charge in [-0.25, -0.2) is 0 Å². The van der Waals surface area contributed by atoms with Gasteiger partial charge >= 0.3 is 0 Å². The number of carbonyl (C=O) groups excluding carboxylic acids is 1. The maximum atomic E-state index is 12.0. The fourth-order valence-electron chi connectivity index (χ4n) is 2.27. The number of nitrogens with one attached hydrogen (secondary N) is 2. The zero-order valence-electron chi connectivity index (χ0n) is 10.7. The number of amides is 1. The summed E-state index contributed by atoms with van der Waals surface area (Å²) < 4.78 is 0. The molecule has 1 fully saturated rings. The Labute approximate surface area is 107 Å². The van der Waals surface area contributed by atoms with Gasteiger partial charge in [-0.2, -0.15) is 0 Å². The quantitative estimate of drug-likeness (QED) is 0.750. The molecule has 1 unspecified atom stereocenters. The molecule has 0 spiro atoms. The van der Waals surface area contributed by atoms with Crippen molar-refractivity contribution < 1.29 is 9.90 Å². The lowest BCUT2D eigenvalue weighted by Gasteiger charge is -2.23. The van der Waals surface area contributed by atoms with E-state index in [1.165, 1.54) is 0 Å². The molecule has 0 bridgehead atoms. The Morgan fingerprint density at radius 3 is 2.78 bits per heavy atom. The molecule has 2 rings (SSSR count). The molecular formula is C14H20N2O2. The molecule has 1 amide bonds. The molecule has 98 valence electrons. The molecule has 0 radical (unpaired) electrons. The molecule has 1 heterocycles. The van der Waals surface area contributed by atoms with Crippen LogP contribution in [0.3, 0.4) is 0 Å². The molecule has 0 aromatic heterocycles. The molecule has 18 heavy (non-hydrogen) atoms. The van der Waals surface area contributed by atoms with E-state index in [2.05, 4.69) is 10.6 Å². The van der Waals surface area contributed by atoms with Crippen molar-refractivity contribution in [3.63, 3.8) is 0 Å². The topological polar surface area (TPSA) is 61.4 Å². The predicted octanol–water partition coefficient (Wildman–Crippen LogP) is 1.19. The minimum Gasteiger partial charge on any atom is -0.508 e. The first kappa shape index (κ1) is 12.9. The molecule has 1 aliphatic heterocycles. The van der Waals surface area contributed by atoms with E-state index < -0.39 is 5.54 Å². The van der Waals surface area contributed by atoms with Crippen molar-refractivity contribution >= 4 is 5.91 Å². The Morgan fingerprint density at radius 2 is 2.17 bits per heavy atom. The van der Waals surface area contributed by atoms with Crippen LogP contribution in [0.2, 0.25) is 0 Å². The van der Waals surface area contributed by atoms with Crippen molar-refractivity contribution in [1.82, 2.24) is 10.6 Å². The zero-order chi connectivity index (χ0) is 13.0. The average Bonchev–Trinajstić information content (AvgIpc) is 2.80. The second-order valence-corrected chi connectivity index (χ2v) is 5.03. The predicted molar refractivity (Wildman–Crippen MR) is 70.5 cm³/mol. The van der Waals surface area contributed by atoms with E-state index in [0.29, 0.717) is 6.54 Å². The number of rotatable bonds is 4. The number of hydrogen-bond acceptors (Lipinski definition) is 3. The summed E-state index contributed by atoms with van der Waals surface area (Å²) in [7, 11) is 0. The van der Waals surface area contributed by atoms with Crippen LogP contribution in [-0.2, 0) is 11.2 Å². The van der Waals surface area contributed by atoms with Crippen molar-refractivity contribution in [2.45, 2.75) is 31.7 Å². The van der Waals surface area contributed by atoms with Gasteiger partial charge in [-0.05, 0) is 50.4 Å². The molecule has 0 saturated carbocycles. The Morgan fingerprint density at radius 1 is 1.44 bits per heavy atom. The number of carbonyl (C=O) groups is 1. The van der Waals surface area contributed by atoms with Crippen molar-refractivity contribution in [1.29, 1.82) is 0 Å². The van der Waals surface area contributed by atoms with Crippen LogP contribution in [0.4, 0.5) is 0 Å². The molecular weight excluding hydrogens is 228 g/mol. The van der Waals surface area contributed by atoms with E-state index >= 15 is 0 Å². The van der Waals surface area contributed by atoms with Gasteiger partial charge in [0.05, 0.1) is 5.54 Å². The summed E-state index contributed by atoms with van der Waals surface area (Å²) in [6.45, 7) is 3.50. The average molecular weight is 248 g/mol. The second-order valence-electron chi connectivity index (χ2n) is 5.03. The summed E-state index contributed by atoms with van der Waals surface area (Å²) in [5.41, 5.74) is 0.715. The fraction of sp³-hybridized carbons (Fsp3) is 0.500. The van der Waals surface area contributed by atoms with Crippen molar-refractivity contribution in [2.75, 3.05) is 13.1 Å². The monoisotopic (exact) mass is 248 g/mol. The lowest BCUT2D eigenvalue weighted by Crippen LogP contribution is -2.51. The molecule has 1 saturated heterocycles. The second kappa shape index (κ2) is 5.40. The van der Waals surface area contributed by atoms with Gasteiger partial charge in [-0.3, -0.25) is 4.79 Å². The van der Waals surface area contributed by atoms with Crippen LogP contribution in [-0.4, -0.2) is 29.6 Å². The molecule has 1 aromatic carbocycles. The van der Waals surface area contributed by atoms with Crippen LogP contribution < -0.4 is 10.6 Å². The van der Waals surface area contributed by atoms with E-state index in [0.717, 1.165) is 31.4 Å². The summed E-state index contributed by atoms with van der Waals surface area (Å²) in [4.78, 5) is 12.0. The lowest BCUT2D eigenvalue weighted by atomic mass is 9.99. The van der Waals surface area contributed by atoms with Gasteiger partial charge in [0.25, 0.3) is 0 Å². The first-order valence-electron chi connectivity index (χ1n) is 6.41. The maximum absolute atomic E-state index is 12.0. The van der Waals surface area contributed by atoms with Gasteiger partial charge in [0.15, 0.2) is 0 Å². The summed E-state index contributed by atoms with van der Waals surface area (Å²) in [6, 6.07) is 7.07. The summed E-state index contributed by atoms with van der Waals surface area (Å²) in [6.07, 6.45) is 2.74. The third kappa shape index (κ3) is 3.01. The van der Waals surface area contributed by atoms with Gasteiger partial charge in [0.2, 0.25) is 5.91 Å². The zero-order valence-corrected chi connectivity index (χ0v) is 10.7. The van der Waals surface area contributed by atoms with Crippen LogP contribution in [0.15, 0.2) is 24.3 Å². The van der Waals surface area contributed by atoms with E-state index in [-0.39, 0.29) is 11.7 Å². The Bertz CT molecular complexity index is 408. The number of hydrogen-bond donors (Lipinski definition) is 3. The van der Waals surface area contributed by atoms with Crippen LogP contribution in [0.25, 0.3) is 0 Å². The van der Waals surface area contributed by atoms with Crippen LogP contribution in [0, 0.1) is 0 Å². The fourth-order valence-corrected chi connectivity index (χ4v) is 2.27. The van der Waals surface area contributed by atoms with Gasteiger partial charge < -0.3 is 15.7 Å². The van der Waals surface area contributed by atoms with Crippen molar-refractivity contribution in [3.8, 4) is 5.75 Å². The molecule has 0 aliphatic carbocycles. The smallest absolute Gasteiger partial charge is 0.240 e. The Kier molecular flexibility index (Phi) is 3.87. The molecule has 4 nitrogen and oxygen atoms in total.